The van der Waals surface area contributed by atoms with E-state index in [0.29, 0.717) is 13.2 Å². The van der Waals surface area contributed by atoms with Crippen LogP contribution >= 0.6 is 0 Å². The molecule has 2 N–H and O–H groups in total. The molecule has 0 aliphatic rings. The fourth-order valence-corrected chi connectivity index (χ4v) is 1.33. The number of carbonyl (C=O) groups is 1. The molecule has 5 nitrogen and oxygen atoms in total. The number of aliphatic hydroxyl groups is 1. The third kappa shape index (κ3) is 19.1. The molecule has 0 saturated carbocycles. The van der Waals surface area contributed by atoms with Crippen molar-refractivity contribution >= 4 is 5.91 Å². The SMILES string of the molecule is C=CC(=O)NCCC(C)(C)OCCCC.COCCCO. The van der Waals surface area contributed by atoms with Gasteiger partial charge in [-0.1, -0.05) is 19.9 Å². The van der Waals surface area contributed by atoms with E-state index in [0.717, 1.165) is 32.3 Å². The Labute approximate surface area is 129 Å². The largest absolute Gasteiger partial charge is 0.396 e. The van der Waals surface area contributed by atoms with Gasteiger partial charge in [0.2, 0.25) is 5.91 Å². The number of ether oxygens (including phenoxy) is 2. The first-order chi connectivity index (χ1) is 9.93. The molecule has 0 aliphatic heterocycles. The highest BCUT2D eigenvalue weighted by atomic mass is 16.5. The van der Waals surface area contributed by atoms with Gasteiger partial charge < -0.3 is 19.9 Å². The number of methoxy groups -OCH3 is 1. The first-order valence-corrected chi connectivity index (χ1v) is 7.57. The van der Waals surface area contributed by atoms with E-state index in [-0.39, 0.29) is 18.1 Å². The Morgan fingerprint density at radius 1 is 1.33 bits per heavy atom. The zero-order valence-electron chi connectivity index (χ0n) is 14.1. The minimum atomic E-state index is -0.163. The minimum Gasteiger partial charge on any atom is -0.396 e. The lowest BCUT2D eigenvalue weighted by Crippen LogP contribution is -2.32. The van der Waals surface area contributed by atoms with E-state index in [1.807, 2.05) is 13.8 Å². The van der Waals surface area contributed by atoms with Gasteiger partial charge in [-0.2, -0.15) is 0 Å². The van der Waals surface area contributed by atoms with Crippen LogP contribution in [0.3, 0.4) is 0 Å². The summed E-state index contributed by atoms with van der Waals surface area (Å²) in [6.07, 6.45) is 5.07. The van der Waals surface area contributed by atoms with E-state index in [9.17, 15) is 4.79 Å². The second-order valence-electron chi connectivity index (χ2n) is 5.28. The number of rotatable bonds is 11. The molecule has 5 heteroatoms. The van der Waals surface area contributed by atoms with Gasteiger partial charge in [-0.05, 0) is 39.2 Å². The lowest BCUT2D eigenvalue weighted by molar-refractivity contribution is -0.116. The van der Waals surface area contributed by atoms with Crippen LogP contribution in [0.1, 0.15) is 46.5 Å². The first kappa shape index (κ1) is 22.4. The van der Waals surface area contributed by atoms with Gasteiger partial charge in [0.15, 0.2) is 0 Å². The van der Waals surface area contributed by atoms with Crippen molar-refractivity contribution in [3.8, 4) is 0 Å². The number of hydrogen-bond acceptors (Lipinski definition) is 4. The first-order valence-electron chi connectivity index (χ1n) is 7.57. The van der Waals surface area contributed by atoms with Crippen LogP contribution in [0.2, 0.25) is 0 Å². The topological polar surface area (TPSA) is 67.8 Å². The Kier molecular flexibility index (Phi) is 16.5. The number of nitrogens with one attached hydrogen (secondary N) is 1. The summed E-state index contributed by atoms with van der Waals surface area (Å²) in [5.74, 6) is -0.126. The van der Waals surface area contributed by atoms with Gasteiger partial charge in [-0.15, -0.1) is 0 Å². The van der Waals surface area contributed by atoms with Gasteiger partial charge >= 0.3 is 0 Å². The normalized spacial score (nSPS) is 10.5. The van der Waals surface area contributed by atoms with Crippen LogP contribution in [0.25, 0.3) is 0 Å². The summed E-state index contributed by atoms with van der Waals surface area (Å²) < 4.78 is 10.3. The monoisotopic (exact) mass is 303 g/mol. The molecule has 21 heavy (non-hydrogen) atoms. The highest BCUT2D eigenvalue weighted by Gasteiger charge is 2.17. The quantitative estimate of drug-likeness (QED) is 0.454. The zero-order chi connectivity index (χ0) is 16.6. The van der Waals surface area contributed by atoms with Crippen LogP contribution in [-0.2, 0) is 14.3 Å². The summed E-state index contributed by atoms with van der Waals surface area (Å²) in [7, 11) is 1.62. The zero-order valence-corrected chi connectivity index (χ0v) is 14.1. The van der Waals surface area contributed by atoms with E-state index in [1.165, 1.54) is 6.08 Å². The van der Waals surface area contributed by atoms with Crippen molar-refractivity contribution in [2.45, 2.75) is 52.1 Å². The number of aliphatic hydroxyl groups excluding tert-OH is 1. The Balaban J connectivity index is 0. The summed E-state index contributed by atoms with van der Waals surface area (Å²) in [5.41, 5.74) is -0.163. The predicted octanol–water partition coefficient (Wildman–Crippen LogP) is 2.29. The van der Waals surface area contributed by atoms with Crippen LogP contribution in [0.5, 0.6) is 0 Å². The van der Waals surface area contributed by atoms with E-state index < -0.39 is 0 Å². The van der Waals surface area contributed by atoms with E-state index >= 15 is 0 Å². The van der Waals surface area contributed by atoms with E-state index in [4.69, 9.17) is 9.84 Å². The van der Waals surface area contributed by atoms with E-state index in [2.05, 4.69) is 23.6 Å². The van der Waals surface area contributed by atoms with Gasteiger partial charge in [-0.3, -0.25) is 4.79 Å². The second-order valence-corrected chi connectivity index (χ2v) is 5.28. The summed E-state index contributed by atoms with van der Waals surface area (Å²) in [6.45, 7) is 11.9. The van der Waals surface area contributed by atoms with Crippen LogP contribution < -0.4 is 5.32 Å². The fraction of sp³-hybridized carbons (Fsp3) is 0.812. The molecule has 0 fully saturated rings. The van der Waals surface area contributed by atoms with Crippen molar-refractivity contribution in [2.75, 3.05) is 33.5 Å². The lowest BCUT2D eigenvalue weighted by Gasteiger charge is -2.25. The molecule has 0 aliphatic carbocycles. The summed E-state index contributed by atoms with van der Waals surface area (Å²) in [5, 5.41) is 10.9. The Morgan fingerprint density at radius 2 is 2.00 bits per heavy atom. The van der Waals surface area contributed by atoms with Crippen molar-refractivity contribution in [1.29, 1.82) is 0 Å². The summed E-state index contributed by atoms with van der Waals surface area (Å²) in [6, 6.07) is 0. The van der Waals surface area contributed by atoms with Crippen LogP contribution in [0.15, 0.2) is 12.7 Å². The molecule has 0 spiro atoms. The molecule has 0 radical (unpaired) electrons. The van der Waals surface area contributed by atoms with E-state index in [1.54, 1.807) is 7.11 Å². The Bertz CT molecular complexity index is 251. The number of hydrogen-bond donors (Lipinski definition) is 2. The molecule has 0 aromatic rings. The molecule has 0 atom stereocenters. The van der Waals surface area contributed by atoms with Gasteiger partial charge in [0.25, 0.3) is 0 Å². The van der Waals surface area contributed by atoms with Crippen molar-refractivity contribution in [3.63, 3.8) is 0 Å². The molecule has 0 aromatic heterocycles. The maximum absolute atomic E-state index is 10.9. The average molecular weight is 303 g/mol. The molecule has 0 bridgehead atoms. The number of amides is 1. The van der Waals surface area contributed by atoms with Gasteiger partial charge in [0.1, 0.15) is 0 Å². The summed E-state index contributed by atoms with van der Waals surface area (Å²) >= 11 is 0. The molecule has 0 rings (SSSR count). The second kappa shape index (κ2) is 15.5. The predicted molar refractivity (Wildman–Crippen MR) is 86.3 cm³/mol. The van der Waals surface area contributed by atoms with Crippen molar-refractivity contribution in [3.05, 3.63) is 12.7 Å². The third-order valence-corrected chi connectivity index (χ3v) is 2.71. The highest BCUT2D eigenvalue weighted by Crippen LogP contribution is 2.14. The van der Waals surface area contributed by atoms with Crippen LogP contribution in [0.4, 0.5) is 0 Å². The smallest absolute Gasteiger partial charge is 0.243 e. The van der Waals surface area contributed by atoms with Crippen molar-refractivity contribution < 1.29 is 19.4 Å². The maximum Gasteiger partial charge on any atom is 0.243 e. The van der Waals surface area contributed by atoms with Gasteiger partial charge in [0.05, 0.1) is 5.60 Å². The molecule has 0 unspecified atom stereocenters. The molecule has 1 amide bonds. The van der Waals surface area contributed by atoms with Gasteiger partial charge in [-0.25, -0.2) is 0 Å². The molecule has 0 aromatic carbocycles. The fourth-order valence-electron chi connectivity index (χ4n) is 1.33. The molecule has 126 valence electrons. The van der Waals surface area contributed by atoms with Crippen LogP contribution in [0, 0.1) is 0 Å². The maximum atomic E-state index is 10.9. The number of unbranched alkanes of at least 4 members (excludes halogenated alkanes) is 1. The number of carbonyl (C=O) groups excluding carboxylic acids is 1. The van der Waals surface area contributed by atoms with Gasteiger partial charge in [0, 0.05) is 33.5 Å². The third-order valence-electron chi connectivity index (χ3n) is 2.71. The Hall–Kier alpha value is -0.910. The summed E-state index contributed by atoms with van der Waals surface area (Å²) in [4.78, 5) is 10.9. The highest BCUT2D eigenvalue weighted by molar-refractivity contribution is 5.86. The molecule has 0 heterocycles. The molecule has 0 saturated heterocycles. The van der Waals surface area contributed by atoms with Crippen molar-refractivity contribution in [1.82, 2.24) is 5.32 Å². The molecular formula is C16H33NO4. The minimum absolute atomic E-state index is 0.126. The van der Waals surface area contributed by atoms with Crippen molar-refractivity contribution in [2.24, 2.45) is 0 Å². The van der Waals surface area contributed by atoms with Crippen LogP contribution in [-0.4, -0.2) is 50.1 Å². The molecular weight excluding hydrogens is 270 g/mol. The Morgan fingerprint density at radius 3 is 2.43 bits per heavy atom. The standard InChI is InChI=1S/C12H23NO2.C4H10O2/c1-5-7-10-15-12(3,4)8-9-13-11(14)6-2;1-6-4-2-3-5/h6H,2,5,7-10H2,1,3-4H3,(H,13,14);5H,2-4H2,1H3. The lowest BCUT2D eigenvalue weighted by atomic mass is 10.1. The average Bonchev–Trinajstić information content (AvgIpc) is 2.45.